The molecule has 0 aliphatic rings. The monoisotopic (exact) mass is 571 g/mol. The number of hydrogen-bond donors (Lipinski definition) is 3. The fourth-order valence-electron chi connectivity index (χ4n) is 4.87. The van der Waals surface area contributed by atoms with Gasteiger partial charge in [-0.2, -0.15) is 0 Å². The zero-order chi connectivity index (χ0) is 30.3. The Labute approximate surface area is 250 Å². The predicted octanol–water partition coefficient (Wildman–Crippen LogP) is 5.02. The highest BCUT2D eigenvalue weighted by Crippen LogP contribution is 2.23. The summed E-state index contributed by atoms with van der Waals surface area (Å²) in [6.45, 7) is 9.13. The summed E-state index contributed by atoms with van der Waals surface area (Å²) in [4.78, 5) is 39.6. The third kappa shape index (κ3) is 11.1. The van der Waals surface area contributed by atoms with Crippen molar-refractivity contribution in [2.45, 2.75) is 65.1 Å². The number of amides is 2. The van der Waals surface area contributed by atoms with E-state index in [9.17, 15) is 14.4 Å². The van der Waals surface area contributed by atoms with Crippen LogP contribution in [-0.2, 0) is 32.1 Å². The molecular weight excluding hydrogens is 526 g/mol. The van der Waals surface area contributed by atoms with E-state index in [-0.39, 0.29) is 30.9 Å². The molecule has 0 radical (unpaired) electrons. The second-order valence-electron chi connectivity index (χ2n) is 11.5. The van der Waals surface area contributed by atoms with E-state index < -0.39 is 24.0 Å². The molecule has 42 heavy (non-hydrogen) atoms. The van der Waals surface area contributed by atoms with Crippen molar-refractivity contribution in [3.8, 4) is 0 Å². The number of nitrogens with one attached hydrogen (secondary N) is 3. The Kier molecular flexibility index (Phi) is 13.2. The number of rotatable bonds is 16. The molecule has 7 heteroatoms. The van der Waals surface area contributed by atoms with Crippen LogP contribution in [0.1, 0.15) is 56.7 Å². The lowest BCUT2D eigenvalue weighted by Gasteiger charge is -2.24. The van der Waals surface area contributed by atoms with Crippen molar-refractivity contribution in [2.24, 2.45) is 11.8 Å². The van der Waals surface area contributed by atoms with Gasteiger partial charge in [-0.1, -0.05) is 119 Å². The minimum Gasteiger partial charge on any atom is -0.459 e. The summed E-state index contributed by atoms with van der Waals surface area (Å²) in [5.74, 6) is -0.412. The van der Waals surface area contributed by atoms with E-state index in [1.165, 1.54) is 5.56 Å². The maximum atomic E-state index is 13.6. The Morgan fingerprint density at radius 2 is 1.29 bits per heavy atom. The van der Waals surface area contributed by atoms with Crippen LogP contribution in [0.3, 0.4) is 0 Å². The Morgan fingerprint density at radius 3 is 1.86 bits per heavy atom. The Morgan fingerprint density at radius 1 is 0.714 bits per heavy atom. The van der Waals surface area contributed by atoms with Crippen LogP contribution in [-0.4, -0.2) is 43.0 Å². The van der Waals surface area contributed by atoms with Crippen LogP contribution in [0.4, 0.5) is 0 Å². The van der Waals surface area contributed by atoms with Gasteiger partial charge in [-0.25, -0.2) is 4.79 Å². The molecule has 2 amide bonds. The van der Waals surface area contributed by atoms with Gasteiger partial charge in [-0.3, -0.25) is 9.59 Å². The Hall–Kier alpha value is -3.97. The number of esters is 1. The van der Waals surface area contributed by atoms with E-state index in [0.29, 0.717) is 25.3 Å². The average molecular weight is 572 g/mol. The largest absolute Gasteiger partial charge is 0.459 e. The molecule has 0 saturated carbocycles. The van der Waals surface area contributed by atoms with Crippen LogP contribution in [0.25, 0.3) is 0 Å². The number of carbonyl (C=O) groups is 3. The van der Waals surface area contributed by atoms with Crippen molar-refractivity contribution in [3.63, 3.8) is 0 Å². The molecule has 0 aliphatic heterocycles. The summed E-state index contributed by atoms with van der Waals surface area (Å²) in [7, 11) is 0. The van der Waals surface area contributed by atoms with Crippen molar-refractivity contribution in [2.75, 3.05) is 13.1 Å². The Bertz CT molecular complexity index is 1230. The molecule has 0 unspecified atom stereocenters. The van der Waals surface area contributed by atoms with E-state index in [4.69, 9.17) is 4.74 Å². The average Bonchev–Trinajstić information content (AvgIpc) is 2.98. The SMILES string of the molecule is CC(C)C[C@@H](NC(=O)[C@@H](Cc1ccccc1)NC(=O)CNC[C@@H](c1ccccc1)C(C)C)C(=O)OCc1ccccc1. The highest BCUT2D eigenvalue weighted by atomic mass is 16.5. The second kappa shape index (κ2) is 17.1. The summed E-state index contributed by atoms with van der Waals surface area (Å²) < 4.78 is 5.55. The standard InChI is InChI=1S/C35H45N3O4/c1-25(2)20-32(35(41)42-24-28-16-10-6-11-17-28)38-34(40)31(21-27-14-8-5-9-15-27)37-33(39)23-36-22-30(26(3)4)29-18-12-7-13-19-29/h5-19,25-26,30-32,36H,20-24H2,1-4H3,(H,37,39)(H,38,40)/t30-,31-,32-/m1/s1. The first-order valence-electron chi connectivity index (χ1n) is 14.8. The topological polar surface area (TPSA) is 96.5 Å². The van der Waals surface area contributed by atoms with Crippen LogP contribution in [0.2, 0.25) is 0 Å². The summed E-state index contributed by atoms with van der Waals surface area (Å²) in [5.41, 5.74) is 2.99. The zero-order valence-electron chi connectivity index (χ0n) is 25.2. The van der Waals surface area contributed by atoms with Gasteiger partial charge in [0.15, 0.2) is 0 Å². The molecule has 3 aromatic carbocycles. The summed E-state index contributed by atoms with van der Waals surface area (Å²) >= 11 is 0. The lowest BCUT2D eigenvalue weighted by atomic mass is 9.88. The predicted molar refractivity (Wildman–Crippen MR) is 167 cm³/mol. The fraction of sp³-hybridized carbons (Fsp3) is 0.400. The van der Waals surface area contributed by atoms with Crippen LogP contribution >= 0.6 is 0 Å². The maximum Gasteiger partial charge on any atom is 0.328 e. The maximum absolute atomic E-state index is 13.6. The molecule has 0 spiro atoms. The van der Waals surface area contributed by atoms with E-state index >= 15 is 0 Å². The van der Waals surface area contributed by atoms with Crippen LogP contribution in [0.15, 0.2) is 91.0 Å². The van der Waals surface area contributed by atoms with Crippen LogP contribution in [0.5, 0.6) is 0 Å². The smallest absolute Gasteiger partial charge is 0.328 e. The van der Waals surface area contributed by atoms with Crippen LogP contribution < -0.4 is 16.0 Å². The quantitative estimate of drug-likeness (QED) is 0.210. The zero-order valence-corrected chi connectivity index (χ0v) is 25.2. The van der Waals surface area contributed by atoms with Crippen molar-refractivity contribution in [3.05, 3.63) is 108 Å². The first kappa shape index (κ1) is 32.5. The summed E-state index contributed by atoms with van der Waals surface area (Å²) in [5, 5.41) is 9.04. The highest BCUT2D eigenvalue weighted by Gasteiger charge is 2.28. The van der Waals surface area contributed by atoms with Gasteiger partial charge in [-0.05, 0) is 40.9 Å². The molecule has 0 bridgehead atoms. The van der Waals surface area contributed by atoms with Crippen molar-refractivity contribution in [1.29, 1.82) is 0 Å². The van der Waals surface area contributed by atoms with E-state index in [1.54, 1.807) is 0 Å². The van der Waals surface area contributed by atoms with Gasteiger partial charge < -0.3 is 20.7 Å². The molecule has 0 saturated heterocycles. The molecule has 0 heterocycles. The van der Waals surface area contributed by atoms with Gasteiger partial charge in [-0.15, -0.1) is 0 Å². The minimum absolute atomic E-state index is 0.0726. The second-order valence-corrected chi connectivity index (χ2v) is 11.5. The van der Waals surface area contributed by atoms with E-state index in [1.807, 2.05) is 92.7 Å². The van der Waals surface area contributed by atoms with Gasteiger partial charge in [0, 0.05) is 13.0 Å². The number of carbonyl (C=O) groups excluding carboxylic acids is 3. The fourth-order valence-corrected chi connectivity index (χ4v) is 4.87. The van der Waals surface area contributed by atoms with Gasteiger partial charge in [0.25, 0.3) is 0 Å². The van der Waals surface area contributed by atoms with Crippen molar-refractivity contribution >= 4 is 17.8 Å². The normalized spacial score (nSPS) is 13.3. The molecule has 3 atom stereocenters. The van der Waals surface area contributed by atoms with Gasteiger partial charge in [0.05, 0.1) is 6.54 Å². The third-order valence-corrected chi connectivity index (χ3v) is 7.15. The van der Waals surface area contributed by atoms with Crippen molar-refractivity contribution in [1.82, 2.24) is 16.0 Å². The van der Waals surface area contributed by atoms with E-state index in [2.05, 4.69) is 41.9 Å². The lowest BCUT2D eigenvalue weighted by molar-refractivity contribution is -0.149. The molecule has 224 valence electrons. The first-order chi connectivity index (χ1) is 20.2. The number of benzene rings is 3. The van der Waals surface area contributed by atoms with Gasteiger partial charge in [0.2, 0.25) is 11.8 Å². The molecule has 0 fully saturated rings. The molecule has 7 nitrogen and oxygen atoms in total. The lowest BCUT2D eigenvalue weighted by Crippen LogP contribution is -2.54. The third-order valence-electron chi connectivity index (χ3n) is 7.15. The van der Waals surface area contributed by atoms with Crippen LogP contribution in [0, 0.1) is 11.8 Å². The molecule has 3 N–H and O–H groups in total. The highest BCUT2D eigenvalue weighted by molar-refractivity contribution is 5.91. The van der Waals surface area contributed by atoms with Gasteiger partial charge in [0.1, 0.15) is 18.7 Å². The number of ether oxygens (including phenoxy) is 1. The Balaban J connectivity index is 1.65. The molecule has 0 aromatic heterocycles. The molecule has 0 aliphatic carbocycles. The minimum atomic E-state index is -0.853. The molecule has 3 aromatic rings. The molecular formula is C35H45N3O4. The van der Waals surface area contributed by atoms with Gasteiger partial charge >= 0.3 is 5.97 Å². The van der Waals surface area contributed by atoms with E-state index in [0.717, 1.165) is 11.1 Å². The summed E-state index contributed by atoms with van der Waals surface area (Å²) in [6, 6.07) is 27.5. The molecule has 3 rings (SSSR count). The number of hydrogen-bond acceptors (Lipinski definition) is 5. The first-order valence-corrected chi connectivity index (χ1v) is 14.8. The summed E-state index contributed by atoms with van der Waals surface area (Å²) in [6.07, 6.45) is 0.716. The van der Waals surface area contributed by atoms with Crippen molar-refractivity contribution < 1.29 is 19.1 Å².